The highest BCUT2D eigenvalue weighted by molar-refractivity contribution is 7.99. The molecule has 0 spiro atoms. The van der Waals surface area contributed by atoms with E-state index in [0.717, 1.165) is 0 Å². The van der Waals surface area contributed by atoms with E-state index in [2.05, 4.69) is 20.8 Å². The zero-order valence-corrected chi connectivity index (χ0v) is 21.7. The van der Waals surface area contributed by atoms with Crippen LogP contribution in [0.3, 0.4) is 0 Å². The third-order valence-electron chi connectivity index (χ3n) is 5.22. The molecule has 0 fully saturated rings. The molecule has 0 saturated heterocycles. The summed E-state index contributed by atoms with van der Waals surface area (Å²) in [6.07, 6.45) is 0. The smallest absolute Gasteiger partial charge is 0.251 e. The molecule has 3 rings (SSSR count). The summed E-state index contributed by atoms with van der Waals surface area (Å²) in [5.74, 6) is 1.48. The maximum atomic E-state index is 12.8. The summed E-state index contributed by atoms with van der Waals surface area (Å²) in [7, 11) is 4.91. The molecule has 0 radical (unpaired) electrons. The highest BCUT2D eigenvalue weighted by atomic mass is 35.5. The largest absolute Gasteiger partial charge is 0.497 e. The molecular formula is C24H28ClN5O4S. The van der Waals surface area contributed by atoms with Crippen molar-refractivity contribution in [3.63, 3.8) is 0 Å². The van der Waals surface area contributed by atoms with Crippen LogP contribution in [0.2, 0.25) is 5.02 Å². The number of methoxy groups -OCH3 is 2. The molecule has 1 heterocycles. The van der Waals surface area contributed by atoms with Gasteiger partial charge in [0.2, 0.25) is 5.91 Å². The van der Waals surface area contributed by atoms with Crippen LogP contribution < -0.4 is 20.1 Å². The van der Waals surface area contributed by atoms with Crippen molar-refractivity contribution >= 4 is 40.9 Å². The van der Waals surface area contributed by atoms with Crippen LogP contribution in [-0.4, -0.2) is 46.6 Å². The lowest BCUT2D eigenvalue weighted by atomic mass is 10.0. The normalized spacial score (nSPS) is 11.7. The number of benzene rings is 2. The molecule has 0 aliphatic rings. The zero-order chi connectivity index (χ0) is 25.5. The maximum Gasteiger partial charge on any atom is 0.251 e. The van der Waals surface area contributed by atoms with E-state index < -0.39 is 0 Å². The average Bonchev–Trinajstić information content (AvgIpc) is 3.20. The molecule has 1 aromatic heterocycles. The predicted octanol–water partition coefficient (Wildman–Crippen LogP) is 4.34. The van der Waals surface area contributed by atoms with E-state index in [9.17, 15) is 9.59 Å². The van der Waals surface area contributed by atoms with Crippen molar-refractivity contribution in [2.45, 2.75) is 25.0 Å². The summed E-state index contributed by atoms with van der Waals surface area (Å²) in [5.41, 5.74) is 1.01. The number of nitrogens with one attached hydrogen (secondary N) is 2. The van der Waals surface area contributed by atoms with Gasteiger partial charge >= 0.3 is 0 Å². The maximum absolute atomic E-state index is 12.8. The van der Waals surface area contributed by atoms with Crippen LogP contribution in [0.15, 0.2) is 47.6 Å². The standard InChI is InChI=1S/C24H28ClN5O4S/c1-14(2)21(27-23(32)15-6-9-17(33-4)10-7-15)22-28-29-24(30(22)3)35-13-20(31)26-18-12-16(25)8-11-19(18)34-5/h6-12,14,21H,13H2,1-5H3,(H,26,31)(H,27,32)/t21-/m0/s1. The van der Waals surface area contributed by atoms with Crippen molar-refractivity contribution < 1.29 is 19.1 Å². The van der Waals surface area contributed by atoms with Crippen molar-refractivity contribution in [1.29, 1.82) is 0 Å². The van der Waals surface area contributed by atoms with E-state index in [0.29, 0.717) is 38.8 Å². The van der Waals surface area contributed by atoms with Crippen molar-refractivity contribution in [2.24, 2.45) is 13.0 Å². The zero-order valence-electron chi connectivity index (χ0n) is 20.2. The molecule has 0 aliphatic carbocycles. The minimum absolute atomic E-state index is 0.0524. The number of carbonyl (C=O) groups is 2. The fourth-order valence-corrected chi connectivity index (χ4v) is 4.20. The Hall–Kier alpha value is -3.24. The van der Waals surface area contributed by atoms with Gasteiger partial charge in [0.25, 0.3) is 5.91 Å². The number of rotatable bonds is 10. The number of thioether (sulfide) groups is 1. The second-order valence-corrected chi connectivity index (χ2v) is 9.38. The Kier molecular flexibility index (Phi) is 9.00. The highest BCUT2D eigenvalue weighted by Gasteiger charge is 2.25. The van der Waals surface area contributed by atoms with Crippen molar-refractivity contribution in [3.05, 3.63) is 58.9 Å². The van der Waals surface area contributed by atoms with Gasteiger partial charge in [-0.05, 0) is 48.4 Å². The Morgan fingerprint density at radius 3 is 2.43 bits per heavy atom. The SMILES string of the molecule is COc1ccc(C(=O)N[C@H](c2nnc(SCC(=O)Nc3cc(Cl)ccc3OC)n2C)C(C)C)cc1. The van der Waals surface area contributed by atoms with Crippen molar-refractivity contribution in [1.82, 2.24) is 20.1 Å². The molecular weight excluding hydrogens is 490 g/mol. The first-order valence-corrected chi connectivity index (χ1v) is 12.2. The fourth-order valence-electron chi connectivity index (χ4n) is 3.31. The number of nitrogens with zero attached hydrogens (tertiary/aromatic N) is 3. The lowest BCUT2D eigenvalue weighted by Crippen LogP contribution is -2.33. The number of hydrogen-bond donors (Lipinski definition) is 2. The summed E-state index contributed by atoms with van der Waals surface area (Å²) >= 11 is 7.27. The van der Waals surface area contributed by atoms with Crippen molar-refractivity contribution in [3.8, 4) is 11.5 Å². The summed E-state index contributed by atoms with van der Waals surface area (Å²) in [6, 6.07) is 11.5. The topological polar surface area (TPSA) is 107 Å². The van der Waals surface area contributed by atoms with E-state index in [1.807, 2.05) is 20.9 Å². The number of aromatic nitrogens is 3. The molecule has 2 aromatic carbocycles. The van der Waals surface area contributed by atoms with Gasteiger partial charge in [0.15, 0.2) is 11.0 Å². The molecule has 1 atom stereocenters. The Morgan fingerprint density at radius 1 is 1.09 bits per heavy atom. The predicted molar refractivity (Wildman–Crippen MR) is 136 cm³/mol. The summed E-state index contributed by atoms with van der Waals surface area (Å²) in [6.45, 7) is 3.98. The summed E-state index contributed by atoms with van der Waals surface area (Å²) < 4.78 is 12.2. The average molecular weight is 518 g/mol. The van der Waals surface area contributed by atoms with Crippen LogP contribution in [0.4, 0.5) is 5.69 Å². The van der Waals surface area contributed by atoms with Crippen LogP contribution in [-0.2, 0) is 11.8 Å². The van der Waals surface area contributed by atoms with Crippen LogP contribution in [0, 0.1) is 5.92 Å². The third kappa shape index (κ3) is 6.67. The van der Waals surface area contributed by atoms with Crippen LogP contribution in [0.1, 0.15) is 36.1 Å². The van der Waals surface area contributed by atoms with Gasteiger partial charge in [0.05, 0.1) is 31.7 Å². The van der Waals surface area contributed by atoms with Gasteiger partial charge in [-0.15, -0.1) is 10.2 Å². The lowest BCUT2D eigenvalue weighted by molar-refractivity contribution is -0.113. The Labute approximate surface area is 213 Å². The van der Waals surface area contributed by atoms with Crippen LogP contribution in [0.5, 0.6) is 11.5 Å². The molecule has 0 unspecified atom stereocenters. The van der Waals surface area contributed by atoms with Gasteiger partial charge in [0.1, 0.15) is 11.5 Å². The second-order valence-electron chi connectivity index (χ2n) is 8.00. The number of amides is 2. The summed E-state index contributed by atoms with van der Waals surface area (Å²) in [5, 5.41) is 15.4. The molecule has 0 aliphatic heterocycles. The quantitative estimate of drug-likeness (QED) is 0.385. The molecule has 11 heteroatoms. The minimum Gasteiger partial charge on any atom is -0.497 e. The van der Waals surface area contributed by atoms with E-state index in [-0.39, 0.29) is 29.5 Å². The van der Waals surface area contributed by atoms with Gasteiger partial charge in [0, 0.05) is 17.6 Å². The molecule has 35 heavy (non-hydrogen) atoms. The molecule has 9 nitrogen and oxygen atoms in total. The van der Waals surface area contributed by atoms with E-state index >= 15 is 0 Å². The van der Waals surface area contributed by atoms with E-state index in [1.165, 1.54) is 18.9 Å². The highest BCUT2D eigenvalue weighted by Crippen LogP contribution is 2.29. The monoisotopic (exact) mass is 517 g/mol. The number of halogens is 1. The Balaban J connectivity index is 1.67. The van der Waals surface area contributed by atoms with Gasteiger partial charge in [-0.1, -0.05) is 37.2 Å². The molecule has 3 aromatic rings. The van der Waals surface area contributed by atoms with Crippen LogP contribution >= 0.6 is 23.4 Å². The second kappa shape index (κ2) is 11.9. The fraction of sp³-hybridized carbons (Fsp3) is 0.333. The van der Waals surface area contributed by atoms with E-state index in [4.69, 9.17) is 21.1 Å². The first-order chi connectivity index (χ1) is 16.7. The molecule has 2 N–H and O–H groups in total. The number of anilines is 1. The molecule has 186 valence electrons. The van der Waals surface area contributed by atoms with Crippen LogP contribution in [0.25, 0.3) is 0 Å². The Bertz CT molecular complexity index is 1180. The summed E-state index contributed by atoms with van der Waals surface area (Å²) in [4.78, 5) is 25.3. The first kappa shape index (κ1) is 26.4. The van der Waals surface area contributed by atoms with Gasteiger partial charge in [-0.2, -0.15) is 0 Å². The third-order valence-corrected chi connectivity index (χ3v) is 6.48. The minimum atomic E-state index is -0.374. The number of carbonyl (C=O) groups excluding carboxylic acids is 2. The van der Waals surface area contributed by atoms with Gasteiger partial charge < -0.3 is 24.7 Å². The lowest BCUT2D eigenvalue weighted by Gasteiger charge is -2.21. The number of hydrogen-bond acceptors (Lipinski definition) is 7. The van der Waals surface area contributed by atoms with Gasteiger partial charge in [-0.3, -0.25) is 9.59 Å². The Morgan fingerprint density at radius 2 is 1.80 bits per heavy atom. The molecule has 2 amide bonds. The first-order valence-electron chi connectivity index (χ1n) is 10.8. The van der Waals surface area contributed by atoms with Gasteiger partial charge in [-0.25, -0.2) is 0 Å². The number of ether oxygens (including phenoxy) is 2. The van der Waals surface area contributed by atoms with E-state index in [1.54, 1.807) is 54.1 Å². The molecule has 0 bridgehead atoms. The van der Waals surface area contributed by atoms with Crippen molar-refractivity contribution in [2.75, 3.05) is 25.3 Å². The molecule has 0 saturated carbocycles.